The fourth-order valence-electron chi connectivity index (χ4n) is 4.30. The number of hydrogen-bond donors (Lipinski definition) is 2. The summed E-state index contributed by atoms with van der Waals surface area (Å²) in [5.74, 6) is 0.981. The summed E-state index contributed by atoms with van der Waals surface area (Å²) in [6.07, 6.45) is 11.5. The molecule has 25 heavy (non-hydrogen) atoms. The summed E-state index contributed by atoms with van der Waals surface area (Å²) in [7, 11) is 3.60. The summed E-state index contributed by atoms with van der Waals surface area (Å²) >= 11 is 0. The van der Waals surface area contributed by atoms with Crippen LogP contribution in [-0.4, -0.2) is 53.0 Å². The van der Waals surface area contributed by atoms with Crippen molar-refractivity contribution in [3.8, 4) is 0 Å². The van der Waals surface area contributed by atoms with Crippen LogP contribution in [0.3, 0.4) is 0 Å². The largest absolute Gasteiger partial charge is 0.385 e. The molecule has 2 saturated carbocycles. The van der Waals surface area contributed by atoms with Crippen LogP contribution in [-0.2, 0) is 9.47 Å². The average Bonchev–Trinajstić information content (AvgIpc) is 3.05. The zero-order valence-corrected chi connectivity index (χ0v) is 16.7. The predicted molar refractivity (Wildman–Crippen MR) is 104 cm³/mol. The van der Waals surface area contributed by atoms with E-state index in [0.717, 1.165) is 51.6 Å². The highest BCUT2D eigenvalue weighted by Crippen LogP contribution is 2.44. The van der Waals surface area contributed by atoms with Gasteiger partial charge < -0.3 is 20.1 Å². The van der Waals surface area contributed by atoms with E-state index in [1.165, 1.54) is 44.9 Å². The second kappa shape index (κ2) is 10.4. The third-order valence-electron chi connectivity index (χ3n) is 6.30. The lowest BCUT2D eigenvalue weighted by Gasteiger charge is -2.41. The minimum absolute atomic E-state index is 0.374. The highest BCUT2D eigenvalue weighted by atomic mass is 16.5. The van der Waals surface area contributed by atoms with E-state index in [0.29, 0.717) is 10.8 Å². The van der Waals surface area contributed by atoms with Gasteiger partial charge in [-0.25, -0.2) is 0 Å². The van der Waals surface area contributed by atoms with E-state index in [1.807, 2.05) is 0 Å². The van der Waals surface area contributed by atoms with Crippen molar-refractivity contribution >= 4 is 5.96 Å². The number of nitrogens with zero attached hydrogens (tertiary/aromatic N) is 1. The highest BCUT2D eigenvalue weighted by molar-refractivity contribution is 5.79. The van der Waals surface area contributed by atoms with Crippen LogP contribution in [0.1, 0.15) is 64.7 Å². The maximum atomic E-state index is 5.35. The Balaban J connectivity index is 1.90. The van der Waals surface area contributed by atoms with Gasteiger partial charge in [-0.2, -0.15) is 0 Å². The van der Waals surface area contributed by atoms with E-state index in [9.17, 15) is 0 Å². The Morgan fingerprint density at radius 1 is 0.880 bits per heavy atom. The third kappa shape index (κ3) is 6.14. The van der Waals surface area contributed by atoms with Gasteiger partial charge in [-0.3, -0.25) is 4.99 Å². The Hall–Kier alpha value is -0.810. The molecule has 5 nitrogen and oxygen atoms in total. The summed E-state index contributed by atoms with van der Waals surface area (Å²) in [5, 5.41) is 7.07. The smallest absolute Gasteiger partial charge is 0.191 e. The van der Waals surface area contributed by atoms with Crippen LogP contribution in [0.25, 0.3) is 0 Å². The lowest BCUT2D eigenvalue weighted by Crippen LogP contribution is -2.44. The Morgan fingerprint density at radius 2 is 1.48 bits per heavy atom. The molecule has 2 N–H and O–H groups in total. The van der Waals surface area contributed by atoms with Crippen LogP contribution in [0, 0.1) is 10.8 Å². The summed E-state index contributed by atoms with van der Waals surface area (Å²) in [6, 6.07) is 0. The van der Waals surface area contributed by atoms with Crippen LogP contribution in [0.2, 0.25) is 0 Å². The Labute approximate surface area is 154 Å². The van der Waals surface area contributed by atoms with Crippen LogP contribution < -0.4 is 10.6 Å². The molecular weight excluding hydrogens is 314 g/mol. The molecule has 0 saturated heterocycles. The predicted octanol–water partition coefficient (Wildman–Crippen LogP) is 3.35. The van der Waals surface area contributed by atoms with Gasteiger partial charge in [-0.1, -0.05) is 19.3 Å². The molecular formula is C20H39N3O2. The van der Waals surface area contributed by atoms with Crippen molar-refractivity contribution in [1.82, 2.24) is 10.6 Å². The summed E-state index contributed by atoms with van der Waals surface area (Å²) < 4.78 is 10.7. The van der Waals surface area contributed by atoms with Gasteiger partial charge in [0, 0.05) is 47.1 Å². The quantitative estimate of drug-likeness (QED) is 0.442. The molecule has 5 heteroatoms. The van der Waals surface area contributed by atoms with Gasteiger partial charge in [0.25, 0.3) is 0 Å². The van der Waals surface area contributed by atoms with Gasteiger partial charge in [0.2, 0.25) is 0 Å². The second-order valence-corrected chi connectivity index (χ2v) is 8.09. The highest BCUT2D eigenvalue weighted by Gasteiger charge is 2.37. The van der Waals surface area contributed by atoms with Crippen molar-refractivity contribution in [3.05, 3.63) is 0 Å². The van der Waals surface area contributed by atoms with Crippen molar-refractivity contribution < 1.29 is 9.47 Å². The van der Waals surface area contributed by atoms with E-state index in [-0.39, 0.29) is 0 Å². The molecule has 2 fully saturated rings. The molecule has 0 aromatic rings. The van der Waals surface area contributed by atoms with E-state index < -0.39 is 0 Å². The molecule has 0 atom stereocenters. The van der Waals surface area contributed by atoms with Gasteiger partial charge >= 0.3 is 0 Å². The number of ether oxygens (including phenoxy) is 2. The van der Waals surface area contributed by atoms with Crippen LogP contribution >= 0.6 is 0 Å². The first-order valence-corrected chi connectivity index (χ1v) is 10.2. The van der Waals surface area contributed by atoms with Crippen LogP contribution in [0.15, 0.2) is 4.99 Å². The van der Waals surface area contributed by atoms with Crippen LogP contribution in [0.5, 0.6) is 0 Å². The number of guanidine groups is 1. The number of hydrogen-bond acceptors (Lipinski definition) is 3. The van der Waals surface area contributed by atoms with Crippen molar-refractivity contribution in [2.75, 3.05) is 47.1 Å². The molecule has 0 unspecified atom stereocenters. The molecule has 0 aliphatic heterocycles. The minimum atomic E-state index is 0.374. The van der Waals surface area contributed by atoms with Crippen molar-refractivity contribution in [2.24, 2.45) is 15.8 Å². The average molecular weight is 354 g/mol. The first kappa shape index (κ1) is 20.5. The third-order valence-corrected chi connectivity index (χ3v) is 6.30. The Morgan fingerprint density at radius 3 is 2.00 bits per heavy atom. The van der Waals surface area contributed by atoms with Gasteiger partial charge in [-0.05, 0) is 56.3 Å². The van der Waals surface area contributed by atoms with E-state index >= 15 is 0 Å². The van der Waals surface area contributed by atoms with Gasteiger partial charge in [-0.15, -0.1) is 0 Å². The molecule has 0 aromatic heterocycles. The van der Waals surface area contributed by atoms with E-state index in [4.69, 9.17) is 14.5 Å². The summed E-state index contributed by atoms with van der Waals surface area (Å²) in [6.45, 7) is 6.67. The zero-order valence-electron chi connectivity index (χ0n) is 16.7. The Kier molecular flexibility index (Phi) is 8.50. The maximum Gasteiger partial charge on any atom is 0.191 e. The van der Waals surface area contributed by atoms with E-state index in [2.05, 4.69) is 17.6 Å². The summed E-state index contributed by atoms with van der Waals surface area (Å²) in [4.78, 5) is 4.94. The topological polar surface area (TPSA) is 54.9 Å². The monoisotopic (exact) mass is 353 g/mol. The SMILES string of the molecule is CCNC(=NCC1(CCOC)CCC1)NCC1(CCOC)CCCC1. The number of methoxy groups -OCH3 is 2. The van der Waals surface area contributed by atoms with Crippen molar-refractivity contribution in [2.45, 2.75) is 64.7 Å². The summed E-state index contributed by atoms with van der Waals surface area (Å²) in [5.41, 5.74) is 0.760. The lowest BCUT2D eigenvalue weighted by molar-refractivity contribution is 0.0778. The lowest BCUT2D eigenvalue weighted by atomic mass is 9.67. The minimum Gasteiger partial charge on any atom is -0.385 e. The first-order valence-electron chi connectivity index (χ1n) is 10.2. The zero-order chi connectivity index (χ0) is 18.0. The first-order chi connectivity index (χ1) is 12.2. The fraction of sp³-hybridized carbons (Fsp3) is 0.950. The van der Waals surface area contributed by atoms with Crippen molar-refractivity contribution in [3.63, 3.8) is 0 Å². The Bertz CT molecular complexity index is 402. The number of nitrogens with one attached hydrogen (secondary N) is 2. The van der Waals surface area contributed by atoms with Crippen molar-refractivity contribution in [1.29, 1.82) is 0 Å². The number of rotatable bonds is 11. The molecule has 2 rings (SSSR count). The maximum absolute atomic E-state index is 5.35. The van der Waals surface area contributed by atoms with E-state index in [1.54, 1.807) is 14.2 Å². The van der Waals surface area contributed by atoms with Gasteiger partial charge in [0.1, 0.15) is 0 Å². The van der Waals surface area contributed by atoms with Gasteiger partial charge in [0.15, 0.2) is 5.96 Å². The molecule has 0 aromatic carbocycles. The molecule has 146 valence electrons. The van der Waals surface area contributed by atoms with Gasteiger partial charge in [0.05, 0.1) is 0 Å². The molecule has 0 spiro atoms. The molecule has 0 bridgehead atoms. The normalized spacial score (nSPS) is 21.8. The molecule has 0 radical (unpaired) electrons. The fourth-order valence-corrected chi connectivity index (χ4v) is 4.30. The molecule has 0 heterocycles. The number of aliphatic imine (C=N–C) groups is 1. The molecule has 2 aliphatic rings. The standard InChI is InChI=1S/C20H39N3O2/c1-4-21-18(23-17-20(10-7-11-20)13-15-25-3)22-16-19(12-14-24-2)8-5-6-9-19/h4-17H2,1-3H3,(H2,21,22,23). The molecule has 0 amide bonds. The van der Waals surface area contributed by atoms with Crippen LogP contribution in [0.4, 0.5) is 0 Å². The second-order valence-electron chi connectivity index (χ2n) is 8.09. The molecule has 2 aliphatic carbocycles.